The summed E-state index contributed by atoms with van der Waals surface area (Å²) in [4.78, 5) is 24.6. The first kappa shape index (κ1) is 13.0. The highest BCUT2D eigenvalue weighted by Gasteiger charge is 2.30. The Morgan fingerprint density at radius 1 is 1.56 bits per heavy atom. The van der Waals surface area contributed by atoms with E-state index in [0.717, 1.165) is 19.4 Å². The van der Waals surface area contributed by atoms with Crippen molar-refractivity contribution in [2.45, 2.75) is 32.7 Å². The Kier molecular flexibility index (Phi) is 4.73. The number of rotatable bonds is 4. The van der Waals surface area contributed by atoms with E-state index < -0.39 is 0 Å². The molecule has 16 heavy (non-hydrogen) atoms. The lowest BCUT2D eigenvalue weighted by Gasteiger charge is -2.34. The van der Waals surface area contributed by atoms with Crippen LogP contribution in [-0.4, -0.2) is 42.5 Å². The fraction of sp³-hybridized carbons (Fsp3) is 0.818. The molecule has 1 rings (SSSR count). The summed E-state index contributed by atoms with van der Waals surface area (Å²) in [7, 11) is 0. The van der Waals surface area contributed by atoms with E-state index in [4.69, 9.17) is 10.5 Å². The van der Waals surface area contributed by atoms with E-state index >= 15 is 0 Å². The summed E-state index contributed by atoms with van der Waals surface area (Å²) >= 11 is 0. The number of amides is 1. The van der Waals surface area contributed by atoms with Gasteiger partial charge in [0.15, 0.2) is 0 Å². The number of nitrogens with zero attached hydrogens (tertiary/aromatic N) is 1. The van der Waals surface area contributed by atoms with Crippen LogP contribution in [0.5, 0.6) is 0 Å². The van der Waals surface area contributed by atoms with Crippen molar-refractivity contribution in [1.29, 1.82) is 0 Å². The Balaban J connectivity index is 2.53. The summed E-state index contributed by atoms with van der Waals surface area (Å²) in [5.74, 6) is -0.621. The number of piperidine rings is 1. The average Bonchev–Trinajstić information content (AvgIpc) is 2.28. The molecular formula is C11H20N2O3. The lowest BCUT2D eigenvalue weighted by Crippen LogP contribution is -2.49. The Morgan fingerprint density at radius 3 is 2.81 bits per heavy atom. The van der Waals surface area contributed by atoms with Gasteiger partial charge in [-0.2, -0.15) is 0 Å². The lowest BCUT2D eigenvalue weighted by atomic mass is 9.97. The van der Waals surface area contributed by atoms with E-state index in [0.29, 0.717) is 13.2 Å². The molecule has 5 nitrogen and oxygen atoms in total. The van der Waals surface area contributed by atoms with Gasteiger partial charge in [0.05, 0.1) is 18.6 Å². The molecule has 5 heteroatoms. The van der Waals surface area contributed by atoms with Gasteiger partial charge < -0.3 is 10.5 Å². The first-order valence-electron chi connectivity index (χ1n) is 5.76. The predicted octanol–water partition coefficient (Wildman–Crippen LogP) is 0.135. The van der Waals surface area contributed by atoms with Crippen LogP contribution in [0.25, 0.3) is 0 Å². The van der Waals surface area contributed by atoms with Gasteiger partial charge in [0.25, 0.3) is 0 Å². The standard InChI is InChI=1S/C11H20N2O3/c1-3-16-11(15)9-5-4-6-13(7-9)8(2)10(12)14/h8-9H,3-7H2,1-2H3,(H2,12,14)/t8-,9-/m0/s1. The highest BCUT2D eigenvalue weighted by atomic mass is 16.5. The molecule has 1 saturated heterocycles. The minimum Gasteiger partial charge on any atom is -0.466 e. The SMILES string of the molecule is CCOC(=O)[C@H]1CCCN([C@@H](C)C(N)=O)C1. The molecule has 0 aromatic carbocycles. The highest BCUT2D eigenvalue weighted by Crippen LogP contribution is 2.19. The Hall–Kier alpha value is -1.10. The number of hydrogen-bond acceptors (Lipinski definition) is 4. The molecule has 0 bridgehead atoms. The van der Waals surface area contributed by atoms with Gasteiger partial charge >= 0.3 is 5.97 Å². The molecule has 0 unspecified atom stereocenters. The van der Waals surface area contributed by atoms with E-state index in [9.17, 15) is 9.59 Å². The Morgan fingerprint density at radius 2 is 2.25 bits per heavy atom. The van der Waals surface area contributed by atoms with Crippen molar-refractivity contribution in [3.8, 4) is 0 Å². The van der Waals surface area contributed by atoms with E-state index in [2.05, 4.69) is 0 Å². The summed E-state index contributed by atoms with van der Waals surface area (Å²) in [5, 5.41) is 0. The molecule has 92 valence electrons. The lowest BCUT2D eigenvalue weighted by molar-refractivity contribution is -0.150. The van der Waals surface area contributed by atoms with Crippen LogP contribution in [0, 0.1) is 5.92 Å². The summed E-state index contributed by atoms with van der Waals surface area (Å²) in [6.45, 7) is 5.37. The van der Waals surface area contributed by atoms with Gasteiger partial charge in [-0.05, 0) is 33.2 Å². The maximum absolute atomic E-state index is 11.6. The molecule has 2 N–H and O–H groups in total. The molecule has 0 spiro atoms. The molecule has 1 amide bonds. The quantitative estimate of drug-likeness (QED) is 0.694. The molecule has 2 atom stereocenters. The number of esters is 1. The number of primary amides is 1. The van der Waals surface area contributed by atoms with Crippen LogP contribution in [0.3, 0.4) is 0 Å². The van der Waals surface area contributed by atoms with Gasteiger partial charge in [-0.3, -0.25) is 14.5 Å². The Labute approximate surface area is 95.9 Å². The molecule has 1 heterocycles. The van der Waals surface area contributed by atoms with Crippen molar-refractivity contribution in [3.63, 3.8) is 0 Å². The van der Waals surface area contributed by atoms with Crippen LogP contribution in [0.1, 0.15) is 26.7 Å². The third kappa shape index (κ3) is 3.20. The predicted molar refractivity (Wildman–Crippen MR) is 59.6 cm³/mol. The normalized spacial score (nSPS) is 23.8. The maximum Gasteiger partial charge on any atom is 0.310 e. The zero-order valence-electron chi connectivity index (χ0n) is 9.94. The van der Waals surface area contributed by atoms with Crippen molar-refractivity contribution in [1.82, 2.24) is 4.90 Å². The summed E-state index contributed by atoms with van der Waals surface area (Å²) in [6, 6.07) is -0.308. The minimum atomic E-state index is -0.343. The molecule has 0 saturated carbocycles. The molecule has 1 aliphatic heterocycles. The zero-order valence-corrected chi connectivity index (χ0v) is 9.94. The van der Waals surface area contributed by atoms with Crippen molar-refractivity contribution in [2.24, 2.45) is 11.7 Å². The van der Waals surface area contributed by atoms with Gasteiger partial charge in [0.1, 0.15) is 0 Å². The smallest absolute Gasteiger partial charge is 0.310 e. The van der Waals surface area contributed by atoms with Crippen LogP contribution < -0.4 is 5.73 Å². The van der Waals surface area contributed by atoms with Crippen molar-refractivity contribution >= 4 is 11.9 Å². The fourth-order valence-corrected chi connectivity index (χ4v) is 1.99. The van der Waals surface area contributed by atoms with E-state index in [1.165, 1.54) is 0 Å². The van der Waals surface area contributed by atoms with Crippen LogP contribution >= 0.6 is 0 Å². The fourth-order valence-electron chi connectivity index (χ4n) is 1.99. The van der Waals surface area contributed by atoms with Crippen molar-refractivity contribution in [2.75, 3.05) is 19.7 Å². The van der Waals surface area contributed by atoms with E-state index in [-0.39, 0.29) is 23.8 Å². The largest absolute Gasteiger partial charge is 0.466 e. The summed E-state index contributed by atoms with van der Waals surface area (Å²) in [5.41, 5.74) is 5.25. The Bertz CT molecular complexity index is 268. The second kappa shape index (κ2) is 5.84. The van der Waals surface area contributed by atoms with Crippen LogP contribution in [-0.2, 0) is 14.3 Å². The summed E-state index contributed by atoms with van der Waals surface area (Å²) < 4.78 is 4.99. The van der Waals surface area contributed by atoms with E-state index in [1.54, 1.807) is 13.8 Å². The van der Waals surface area contributed by atoms with Crippen molar-refractivity contribution in [3.05, 3.63) is 0 Å². The third-order valence-electron chi connectivity index (χ3n) is 3.03. The molecule has 1 fully saturated rings. The second-order valence-electron chi connectivity index (χ2n) is 4.16. The van der Waals surface area contributed by atoms with Gasteiger partial charge in [-0.15, -0.1) is 0 Å². The van der Waals surface area contributed by atoms with Gasteiger partial charge in [0, 0.05) is 6.54 Å². The molecule has 1 aliphatic rings. The molecule has 0 radical (unpaired) electrons. The van der Waals surface area contributed by atoms with Gasteiger partial charge in [-0.1, -0.05) is 0 Å². The number of hydrogen-bond donors (Lipinski definition) is 1. The molecule has 0 aliphatic carbocycles. The molecular weight excluding hydrogens is 208 g/mol. The maximum atomic E-state index is 11.6. The van der Waals surface area contributed by atoms with Crippen LogP contribution in [0.4, 0.5) is 0 Å². The van der Waals surface area contributed by atoms with Crippen molar-refractivity contribution < 1.29 is 14.3 Å². The van der Waals surface area contributed by atoms with Gasteiger partial charge in [0.2, 0.25) is 5.91 Å². The number of carbonyl (C=O) groups is 2. The van der Waals surface area contributed by atoms with Gasteiger partial charge in [-0.25, -0.2) is 0 Å². The van der Waals surface area contributed by atoms with Crippen LogP contribution in [0.15, 0.2) is 0 Å². The zero-order chi connectivity index (χ0) is 12.1. The number of likely N-dealkylation sites (tertiary alicyclic amines) is 1. The topological polar surface area (TPSA) is 72.6 Å². The highest BCUT2D eigenvalue weighted by molar-refractivity contribution is 5.79. The number of ether oxygens (including phenoxy) is 1. The number of nitrogens with two attached hydrogens (primary N) is 1. The molecule has 0 aromatic heterocycles. The third-order valence-corrected chi connectivity index (χ3v) is 3.03. The second-order valence-corrected chi connectivity index (χ2v) is 4.16. The molecule has 0 aromatic rings. The first-order chi connectivity index (χ1) is 7.56. The average molecular weight is 228 g/mol. The number of carbonyl (C=O) groups excluding carboxylic acids is 2. The van der Waals surface area contributed by atoms with Crippen LogP contribution in [0.2, 0.25) is 0 Å². The first-order valence-corrected chi connectivity index (χ1v) is 5.76. The monoisotopic (exact) mass is 228 g/mol. The van der Waals surface area contributed by atoms with E-state index in [1.807, 2.05) is 4.90 Å². The minimum absolute atomic E-state index is 0.115. The summed E-state index contributed by atoms with van der Waals surface area (Å²) in [6.07, 6.45) is 1.74.